The minimum atomic E-state index is -1.00. The molecule has 0 unspecified atom stereocenters. The van der Waals surface area contributed by atoms with Crippen LogP contribution in [0.25, 0.3) is 0 Å². The number of hydrogen-bond donors (Lipinski definition) is 2. The fraction of sp³-hybridized carbons (Fsp3) is 0.333. The number of benzene rings is 1. The number of aliphatic carboxylic acids is 1. The highest BCUT2D eigenvalue weighted by Crippen LogP contribution is 2.29. The quantitative estimate of drug-likeness (QED) is 0.812. The lowest BCUT2D eigenvalue weighted by Gasteiger charge is -2.09. The topological polar surface area (TPSA) is 75.6 Å². The summed E-state index contributed by atoms with van der Waals surface area (Å²) in [6, 6.07) is 5.43. The molecule has 2 rings (SSSR count). The number of amides is 1. The van der Waals surface area contributed by atoms with Gasteiger partial charge >= 0.3 is 5.97 Å². The molecule has 0 saturated carbocycles. The number of fused-ring (bicyclic) bond motifs is 1. The van der Waals surface area contributed by atoms with E-state index in [-0.39, 0.29) is 18.9 Å². The third-order valence-corrected chi connectivity index (χ3v) is 2.63. The summed E-state index contributed by atoms with van der Waals surface area (Å²) in [4.78, 5) is 22.4. The first-order valence-electron chi connectivity index (χ1n) is 5.32. The van der Waals surface area contributed by atoms with E-state index in [9.17, 15) is 9.59 Å². The maximum atomic E-state index is 11.7. The van der Waals surface area contributed by atoms with Gasteiger partial charge in [0.15, 0.2) is 0 Å². The summed E-state index contributed by atoms with van der Waals surface area (Å²) in [5.41, 5.74) is 1.61. The molecular weight excluding hydrogens is 222 g/mol. The molecule has 0 radical (unpaired) electrons. The van der Waals surface area contributed by atoms with Crippen molar-refractivity contribution in [3.8, 4) is 5.75 Å². The number of carbonyl (C=O) groups is 2. The summed E-state index contributed by atoms with van der Waals surface area (Å²) in [7, 11) is 0. The zero-order valence-electron chi connectivity index (χ0n) is 9.40. The molecule has 1 aliphatic heterocycles. The highest BCUT2D eigenvalue weighted by molar-refractivity contribution is 5.96. The van der Waals surface area contributed by atoms with E-state index in [1.807, 2.05) is 19.1 Å². The zero-order valence-corrected chi connectivity index (χ0v) is 9.40. The summed E-state index contributed by atoms with van der Waals surface area (Å²) in [6.45, 7) is 2.01. The predicted octanol–water partition coefficient (Wildman–Crippen LogP) is 1.42. The van der Waals surface area contributed by atoms with E-state index in [0.717, 1.165) is 5.56 Å². The molecule has 1 atom stereocenters. The van der Waals surface area contributed by atoms with Gasteiger partial charge in [-0.2, -0.15) is 0 Å². The monoisotopic (exact) mass is 235 g/mol. The number of rotatable bonds is 2. The Bertz CT molecular complexity index is 470. The number of hydrogen-bond acceptors (Lipinski definition) is 3. The maximum absolute atomic E-state index is 11.7. The summed E-state index contributed by atoms with van der Waals surface area (Å²) >= 11 is 0. The number of nitrogens with one attached hydrogen (secondary N) is 1. The van der Waals surface area contributed by atoms with Crippen LogP contribution in [0.5, 0.6) is 5.75 Å². The molecule has 0 bridgehead atoms. The van der Waals surface area contributed by atoms with Crippen molar-refractivity contribution in [2.75, 3.05) is 11.9 Å². The molecular formula is C12H13NO4. The van der Waals surface area contributed by atoms with Crippen LogP contribution in [0.3, 0.4) is 0 Å². The van der Waals surface area contributed by atoms with Gasteiger partial charge in [-0.1, -0.05) is 6.07 Å². The largest absolute Gasteiger partial charge is 0.491 e. The Kier molecular flexibility index (Phi) is 2.99. The SMILES string of the molecule is Cc1ccc2c(c1)OC[C@@H](CC(=O)O)C(=O)N2. The molecule has 90 valence electrons. The van der Waals surface area contributed by atoms with E-state index in [2.05, 4.69) is 5.32 Å². The lowest BCUT2D eigenvalue weighted by Crippen LogP contribution is -2.27. The maximum Gasteiger partial charge on any atom is 0.304 e. The summed E-state index contributed by atoms with van der Waals surface area (Å²) in [6.07, 6.45) is -0.223. The van der Waals surface area contributed by atoms with E-state index in [4.69, 9.17) is 9.84 Å². The van der Waals surface area contributed by atoms with Gasteiger partial charge in [0.25, 0.3) is 0 Å². The van der Waals surface area contributed by atoms with Crippen molar-refractivity contribution in [1.82, 2.24) is 0 Å². The third-order valence-electron chi connectivity index (χ3n) is 2.63. The van der Waals surface area contributed by atoms with Crippen LogP contribution < -0.4 is 10.1 Å². The molecule has 0 spiro atoms. The van der Waals surface area contributed by atoms with Crippen molar-refractivity contribution in [1.29, 1.82) is 0 Å². The van der Waals surface area contributed by atoms with Crippen molar-refractivity contribution in [3.63, 3.8) is 0 Å². The smallest absolute Gasteiger partial charge is 0.304 e. The third kappa shape index (κ3) is 2.55. The number of carboxylic acid groups (broad SMARTS) is 1. The fourth-order valence-electron chi connectivity index (χ4n) is 1.72. The van der Waals surface area contributed by atoms with E-state index >= 15 is 0 Å². The Balaban J connectivity index is 2.22. The van der Waals surface area contributed by atoms with Crippen molar-refractivity contribution < 1.29 is 19.4 Å². The number of ether oxygens (including phenoxy) is 1. The molecule has 1 aromatic rings. The van der Waals surface area contributed by atoms with Crippen LogP contribution in [0.1, 0.15) is 12.0 Å². The molecule has 1 heterocycles. The molecule has 5 nitrogen and oxygen atoms in total. The molecule has 1 aromatic carbocycles. The molecule has 5 heteroatoms. The van der Waals surface area contributed by atoms with Crippen molar-refractivity contribution in [2.45, 2.75) is 13.3 Å². The summed E-state index contributed by atoms with van der Waals surface area (Å²) in [5, 5.41) is 11.4. The van der Waals surface area contributed by atoms with Crippen LogP contribution in [-0.2, 0) is 9.59 Å². The fourth-order valence-corrected chi connectivity index (χ4v) is 1.72. The lowest BCUT2D eigenvalue weighted by molar-refractivity contribution is -0.140. The van der Waals surface area contributed by atoms with Crippen molar-refractivity contribution in [2.24, 2.45) is 5.92 Å². The molecule has 1 amide bonds. The number of aryl methyl sites for hydroxylation is 1. The van der Waals surface area contributed by atoms with Gasteiger partial charge in [-0.05, 0) is 24.6 Å². The van der Waals surface area contributed by atoms with Crippen LogP contribution in [0.15, 0.2) is 18.2 Å². The highest BCUT2D eigenvalue weighted by atomic mass is 16.5. The van der Waals surface area contributed by atoms with Gasteiger partial charge in [0.1, 0.15) is 12.4 Å². The van der Waals surface area contributed by atoms with Gasteiger partial charge in [-0.15, -0.1) is 0 Å². The number of anilines is 1. The van der Waals surface area contributed by atoms with E-state index in [0.29, 0.717) is 11.4 Å². The van der Waals surface area contributed by atoms with Crippen LogP contribution in [0.4, 0.5) is 5.69 Å². The van der Waals surface area contributed by atoms with Crippen LogP contribution in [0, 0.1) is 12.8 Å². The average Bonchev–Trinajstić information content (AvgIpc) is 2.39. The molecule has 0 aromatic heterocycles. The first-order chi connectivity index (χ1) is 8.06. The first kappa shape index (κ1) is 11.4. The Morgan fingerprint density at radius 3 is 3.06 bits per heavy atom. The summed E-state index contributed by atoms with van der Waals surface area (Å²) in [5.74, 6) is -1.38. The van der Waals surface area contributed by atoms with Gasteiger partial charge in [0, 0.05) is 0 Å². The van der Waals surface area contributed by atoms with Gasteiger partial charge in [0.05, 0.1) is 18.0 Å². The van der Waals surface area contributed by atoms with Gasteiger partial charge in [-0.3, -0.25) is 9.59 Å². The minimum absolute atomic E-state index is 0.0919. The van der Waals surface area contributed by atoms with E-state index in [1.54, 1.807) is 6.07 Å². The minimum Gasteiger partial charge on any atom is -0.491 e. The Morgan fingerprint density at radius 2 is 2.35 bits per heavy atom. The molecule has 17 heavy (non-hydrogen) atoms. The molecule has 0 fully saturated rings. The average molecular weight is 235 g/mol. The second-order valence-electron chi connectivity index (χ2n) is 4.09. The number of carboxylic acids is 1. The normalized spacial score (nSPS) is 18.6. The Morgan fingerprint density at radius 1 is 1.59 bits per heavy atom. The Hall–Kier alpha value is -2.04. The van der Waals surface area contributed by atoms with Crippen LogP contribution in [0.2, 0.25) is 0 Å². The Labute approximate surface area is 98.4 Å². The second kappa shape index (κ2) is 4.45. The molecule has 0 aliphatic carbocycles. The molecule has 0 saturated heterocycles. The van der Waals surface area contributed by atoms with Gasteiger partial charge in [0.2, 0.25) is 5.91 Å². The van der Waals surface area contributed by atoms with Crippen LogP contribution >= 0.6 is 0 Å². The van der Waals surface area contributed by atoms with Crippen LogP contribution in [-0.4, -0.2) is 23.6 Å². The van der Waals surface area contributed by atoms with Gasteiger partial charge in [-0.25, -0.2) is 0 Å². The lowest BCUT2D eigenvalue weighted by atomic mass is 10.1. The van der Waals surface area contributed by atoms with E-state index < -0.39 is 11.9 Å². The van der Waals surface area contributed by atoms with Crippen molar-refractivity contribution in [3.05, 3.63) is 23.8 Å². The van der Waals surface area contributed by atoms with Crippen molar-refractivity contribution >= 4 is 17.6 Å². The van der Waals surface area contributed by atoms with Gasteiger partial charge < -0.3 is 15.2 Å². The van der Waals surface area contributed by atoms with E-state index in [1.165, 1.54) is 0 Å². The summed E-state index contributed by atoms with van der Waals surface area (Å²) < 4.78 is 5.47. The molecule has 1 aliphatic rings. The highest BCUT2D eigenvalue weighted by Gasteiger charge is 2.26. The zero-order chi connectivity index (χ0) is 12.4. The second-order valence-corrected chi connectivity index (χ2v) is 4.09. The molecule has 2 N–H and O–H groups in total. The standard InChI is InChI=1S/C12H13NO4/c1-7-2-3-9-10(4-7)17-6-8(5-11(14)15)12(16)13-9/h2-4,8H,5-6H2,1H3,(H,13,16)(H,14,15)/t8-/m1/s1. The number of carbonyl (C=O) groups excluding carboxylic acids is 1. The predicted molar refractivity (Wildman–Crippen MR) is 61.0 cm³/mol. The first-order valence-corrected chi connectivity index (χ1v) is 5.32.